The van der Waals surface area contributed by atoms with Crippen LogP contribution in [0.15, 0.2) is 66.3 Å². The largest absolute Gasteiger partial charge is 0.0758 e. The summed E-state index contributed by atoms with van der Waals surface area (Å²) in [5, 5.41) is 0. The lowest BCUT2D eigenvalue weighted by molar-refractivity contribution is 0.529. The molecule has 0 radical (unpaired) electrons. The van der Waals surface area contributed by atoms with Crippen LogP contribution in [0, 0.1) is 12.8 Å². The molecule has 0 amide bonds. The Labute approximate surface area is 146 Å². The summed E-state index contributed by atoms with van der Waals surface area (Å²) >= 11 is 0. The fourth-order valence-electron chi connectivity index (χ4n) is 4.17. The van der Waals surface area contributed by atoms with Gasteiger partial charge in [-0.1, -0.05) is 80.1 Å². The van der Waals surface area contributed by atoms with Crippen LogP contribution in [0.4, 0.5) is 0 Å². The second-order valence-corrected chi connectivity index (χ2v) is 6.86. The summed E-state index contributed by atoms with van der Waals surface area (Å²) < 4.78 is 0. The molecule has 0 aliphatic heterocycles. The molecule has 0 fully saturated rings. The Balaban J connectivity index is 2.05. The van der Waals surface area contributed by atoms with Crippen molar-refractivity contribution in [3.05, 3.63) is 88.5 Å². The van der Waals surface area contributed by atoms with Gasteiger partial charge in [0.25, 0.3) is 0 Å². The van der Waals surface area contributed by atoms with Gasteiger partial charge in [0.15, 0.2) is 0 Å². The lowest BCUT2D eigenvalue weighted by Gasteiger charge is -2.32. The smallest absolute Gasteiger partial charge is 0.00895 e. The fraction of sp³-hybridized carbons (Fsp3) is 0.333. The Bertz CT molecular complexity index is 776. The van der Waals surface area contributed by atoms with Gasteiger partial charge in [-0.25, -0.2) is 0 Å². The summed E-state index contributed by atoms with van der Waals surface area (Å²) in [6.07, 6.45) is 7.06. The Morgan fingerprint density at radius 2 is 1.58 bits per heavy atom. The minimum atomic E-state index is 0.494. The molecule has 0 nitrogen and oxygen atoms in total. The van der Waals surface area contributed by atoms with Crippen LogP contribution in [0.25, 0.3) is 5.57 Å². The molecule has 0 saturated heterocycles. The first-order chi connectivity index (χ1) is 11.7. The summed E-state index contributed by atoms with van der Waals surface area (Å²) in [5.41, 5.74) is 8.70. The van der Waals surface area contributed by atoms with Crippen LogP contribution < -0.4 is 0 Å². The van der Waals surface area contributed by atoms with Crippen LogP contribution in [0.5, 0.6) is 0 Å². The van der Waals surface area contributed by atoms with Gasteiger partial charge < -0.3 is 0 Å². The third-order valence-electron chi connectivity index (χ3n) is 5.56. The SMILES string of the molecule is CCc1ccccc1C1=C(C)C(CC)C(c2ccccc2C)C=C1. The first-order valence-corrected chi connectivity index (χ1v) is 9.20. The average Bonchev–Trinajstić information content (AvgIpc) is 2.62. The van der Waals surface area contributed by atoms with E-state index in [4.69, 9.17) is 0 Å². The highest BCUT2D eigenvalue weighted by Gasteiger charge is 2.27. The minimum Gasteiger partial charge on any atom is -0.0758 e. The molecule has 0 spiro atoms. The van der Waals surface area contributed by atoms with Gasteiger partial charge in [-0.15, -0.1) is 0 Å². The van der Waals surface area contributed by atoms with Crippen LogP contribution in [0.2, 0.25) is 0 Å². The normalized spacial score (nSPS) is 20.5. The average molecular weight is 316 g/mol. The van der Waals surface area contributed by atoms with Crippen LogP contribution in [0.1, 0.15) is 55.4 Å². The molecule has 24 heavy (non-hydrogen) atoms. The van der Waals surface area contributed by atoms with Gasteiger partial charge in [0.05, 0.1) is 0 Å². The van der Waals surface area contributed by atoms with Crippen molar-refractivity contribution in [3.8, 4) is 0 Å². The van der Waals surface area contributed by atoms with Gasteiger partial charge in [0.1, 0.15) is 0 Å². The van der Waals surface area contributed by atoms with Crippen LogP contribution in [0.3, 0.4) is 0 Å². The highest BCUT2D eigenvalue weighted by Crippen LogP contribution is 2.43. The second kappa shape index (κ2) is 7.21. The molecule has 1 aliphatic rings. The van der Waals surface area contributed by atoms with Crippen molar-refractivity contribution in [1.29, 1.82) is 0 Å². The molecule has 2 atom stereocenters. The topological polar surface area (TPSA) is 0 Å². The predicted molar refractivity (Wildman–Crippen MR) is 105 cm³/mol. The number of allylic oxidation sites excluding steroid dienone is 4. The quantitative estimate of drug-likeness (QED) is 0.588. The van der Waals surface area contributed by atoms with Crippen LogP contribution in [-0.4, -0.2) is 0 Å². The number of hydrogen-bond donors (Lipinski definition) is 0. The Morgan fingerprint density at radius 3 is 2.29 bits per heavy atom. The van der Waals surface area contributed by atoms with Crippen molar-refractivity contribution in [1.82, 2.24) is 0 Å². The number of benzene rings is 2. The number of rotatable bonds is 4. The van der Waals surface area contributed by atoms with E-state index in [0.717, 1.165) is 6.42 Å². The van der Waals surface area contributed by atoms with E-state index >= 15 is 0 Å². The molecule has 0 bridgehead atoms. The summed E-state index contributed by atoms with van der Waals surface area (Å²) in [6.45, 7) is 9.14. The Kier molecular flexibility index (Phi) is 5.04. The Hall–Kier alpha value is -2.08. The lowest BCUT2D eigenvalue weighted by atomic mass is 9.72. The van der Waals surface area contributed by atoms with Crippen LogP contribution in [-0.2, 0) is 6.42 Å². The van der Waals surface area contributed by atoms with Gasteiger partial charge >= 0.3 is 0 Å². The molecule has 2 aromatic rings. The van der Waals surface area contributed by atoms with E-state index in [-0.39, 0.29) is 0 Å². The van der Waals surface area contributed by atoms with Crippen molar-refractivity contribution in [2.24, 2.45) is 5.92 Å². The van der Waals surface area contributed by atoms with Gasteiger partial charge in [-0.05, 0) is 60.4 Å². The van der Waals surface area contributed by atoms with E-state index in [2.05, 4.69) is 88.4 Å². The standard InChI is InChI=1S/C24H28/c1-5-19-12-8-10-14-23(19)22-15-16-24(20(6-2)18(22)4)21-13-9-7-11-17(21)3/h7-16,20,24H,5-6H2,1-4H3. The molecular weight excluding hydrogens is 288 g/mol. The van der Waals surface area contributed by atoms with E-state index in [1.807, 2.05) is 0 Å². The minimum absolute atomic E-state index is 0.494. The zero-order valence-electron chi connectivity index (χ0n) is 15.3. The zero-order chi connectivity index (χ0) is 17.1. The fourth-order valence-corrected chi connectivity index (χ4v) is 4.17. The molecule has 0 N–H and O–H groups in total. The van der Waals surface area contributed by atoms with Crippen molar-refractivity contribution in [2.45, 2.75) is 46.5 Å². The van der Waals surface area contributed by atoms with E-state index < -0.39 is 0 Å². The first-order valence-electron chi connectivity index (χ1n) is 9.20. The van der Waals surface area contributed by atoms with Crippen molar-refractivity contribution < 1.29 is 0 Å². The molecule has 0 heteroatoms. The predicted octanol–water partition coefficient (Wildman–Crippen LogP) is 6.71. The maximum absolute atomic E-state index is 2.44. The van der Waals surface area contributed by atoms with Crippen LogP contribution >= 0.6 is 0 Å². The van der Waals surface area contributed by atoms with Crippen molar-refractivity contribution in [2.75, 3.05) is 0 Å². The third-order valence-corrected chi connectivity index (χ3v) is 5.56. The summed E-state index contributed by atoms with van der Waals surface area (Å²) in [4.78, 5) is 0. The van der Waals surface area contributed by atoms with E-state index in [0.29, 0.717) is 11.8 Å². The molecule has 2 unspecified atom stereocenters. The first kappa shape index (κ1) is 16.8. The van der Waals surface area contributed by atoms with Crippen molar-refractivity contribution >= 4 is 5.57 Å². The molecule has 124 valence electrons. The van der Waals surface area contributed by atoms with E-state index in [1.54, 1.807) is 0 Å². The third kappa shape index (κ3) is 2.98. The summed E-state index contributed by atoms with van der Waals surface area (Å²) in [7, 11) is 0. The molecule has 3 rings (SSSR count). The Morgan fingerprint density at radius 1 is 0.875 bits per heavy atom. The second-order valence-electron chi connectivity index (χ2n) is 6.86. The van der Waals surface area contributed by atoms with Gasteiger partial charge in [-0.3, -0.25) is 0 Å². The maximum atomic E-state index is 2.44. The van der Waals surface area contributed by atoms with E-state index in [1.165, 1.54) is 39.8 Å². The molecule has 1 aliphatic carbocycles. The van der Waals surface area contributed by atoms with Gasteiger partial charge in [0, 0.05) is 5.92 Å². The molecule has 2 aromatic carbocycles. The highest BCUT2D eigenvalue weighted by molar-refractivity contribution is 5.80. The summed E-state index contributed by atoms with van der Waals surface area (Å²) in [5.74, 6) is 1.07. The number of hydrogen-bond acceptors (Lipinski definition) is 0. The molecule has 0 saturated carbocycles. The monoisotopic (exact) mass is 316 g/mol. The van der Waals surface area contributed by atoms with Crippen molar-refractivity contribution in [3.63, 3.8) is 0 Å². The summed E-state index contributed by atoms with van der Waals surface area (Å²) in [6, 6.07) is 17.7. The number of aryl methyl sites for hydroxylation is 2. The highest BCUT2D eigenvalue weighted by atomic mass is 14.3. The molecule has 0 heterocycles. The molecular formula is C24H28. The van der Waals surface area contributed by atoms with Gasteiger partial charge in [0.2, 0.25) is 0 Å². The molecule has 0 aromatic heterocycles. The zero-order valence-corrected chi connectivity index (χ0v) is 15.3. The maximum Gasteiger partial charge on any atom is 0.00895 e. The van der Waals surface area contributed by atoms with E-state index in [9.17, 15) is 0 Å². The lowest BCUT2D eigenvalue weighted by Crippen LogP contribution is -2.17. The van der Waals surface area contributed by atoms with Gasteiger partial charge in [-0.2, -0.15) is 0 Å².